The van der Waals surface area contributed by atoms with E-state index in [1.165, 1.54) is 0 Å². The summed E-state index contributed by atoms with van der Waals surface area (Å²) in [6, 6.07) is 18.2. The first-order valence-corrected chi connectivity index (χ1v) is 9.71. The molecule has 0 bridgehead atoms. The van der Waals surface area contributed by atoms with Gasteiger partial charge in [-0.15, -0.1) is 0 Å². The molecule has 156 valence electrons. The van der Waals surface area contributed by atoms with E-state index in [1.807, 2.05) is 67.6 Å². The number of nitrogens with one attached hydrogen (secondary N) is 2. The quantitative estimate of drug-likeness (QED) is 0.705. The fourth-order valence-corrected chi connectivity index (χ4v) is 2.64. The molecule has 0 aliphatic carbocycles. The maximum atomic E-state index is 12.8. The zero-order chi connectivity index (χ0) is 21.3. The van der Waals surface area contributed by atoms with Crippen molar-refractivity contribution in [2.24, 2.45) is 0 Å². The lowest BCUT2D eigenvalue weighted by atomic mass is 10.1. The van der Waals surface area contributed by atoms with Gasteiger partial charge >= 0.3 is 6.09 Å². The van der Waals surface area contributed by atoms with Gasteiger partial charge < -0.3 is 20.1 Å². The van der Waals surface area contributed by atoms with E-state index < -0.39 is 17.7 Å². The number of hydrogen-bond acceptors (Lipinski definition) is 4. The molecule has 2 rings (SSSR count). The SMILES string of the molecule is C[C@H](NC(=O)[C@@H](COCc1ccccc1)NC(=O)OC(C)(C)C)c1ccccc1. The Morgan fingerprint density at radius 3 is 2.10 bits per heavy atom. The molecule has 0 aliphatic rings. The minimum atomic E-state index is -0.875. The third-order valence-corrected chi connectivity index (χ3v) is 4.06. The van der Waals surface area contributed by atoms with Crippen LogP contribution in [0.3, 0.4) is 0 Å². The van der Waals surface area contributed by atoms with Crippen LogP contribution in [0.1, 0.15) is 44.9 Å². The summed E-state index contributed by atoms with van der Waals surface area (Å²) in [6.07, 6.45) is -0.659. The van der Waals surface area contributed by atoms with Crippen molar-refractivity contribution < 1.29 is 19.1 Å². The van der Waals surface area contributed by atoms with Crippen molar-refractivity contribution in [1.29, 1.82) is 0 Å². The number of hydrogen-bond donors (Lipinski definition) is 2. The summed E-state index contributed by atoms with van der Waals surface area (Å²) in [5, 5.41) is 5.54. The van der Waals surface area contributed by atoms with Crippen LogP contribution in [-0.4, -0.2) is 30.3 Å². The molecule has 2 aromatic carbocycles. The number of rotatable bonds is 8. The topological polar surface area (TPSA) is 76.7 Å². The Hall–Kier alpha value is -2.86. The summed E-state index contributed by atoms with van der Waals surface area (Å²) in [5.41, 5.74) is 1.30. The highest BCUT2D eigenvalue weighted by atomic mass is 16.6. The highest BCUT2D eigenvalue weighted by Gasteiger charge is 2.25. The maximum absolute atomic E-state index is 12.8. The highest BCUT2D eigenvalue weighted by molar-refractivity contribution is 5.86. The second-order valence-electron chi connectivity index (χ2n) is 7.84. The second kappa shape index (κ2) is 10.6. The summed E-state index contributed by atoms with van der Waals surface area (Å²) in [6.45, 7) is 7.57. The Balaban J connectivity index is 1.99. The Kier molecular flexibility index (Phi) is 8.21. The number of alkyl carbamates (subject to hydrolysis) is 1. The molecule has 0 heterocycles. The van der Waals surface area contributed by atoms with Crippen LogP contribution in [0.5, 0.6) is 0 Å². The molecule has 0 aliphatic heterocycles. The molecule has 0 aromatic heterocycles. The predicted molar refractivity (Wildman–Crippen MR) is 112 cm³/mol. The monoisotopic (exact) mass is 398 g/mol. The van der Waals surface area contributed by atoms with E-state index in [0.717, 1.165) is 11.1 Å². The Morgan fingerprint density at radius 1 is 0.931 bits per heavy atom. The molecule has 0 radical (unpaired) electrons. The molecule has 2 N–H and O–H groups in total. The lowest BCUT2D eigenvalue weighted by Crippen LogP contribution is -2.51. The smallest absolute Gasteiger partial charge is 0.408 e. The van der Waals surface area contributed by atoms with Gasteiger partial charge in [-0.25, -0.2) is 4.79 Å². The predicted octanol–water partition coefficient (Wildman–Crippen LogP) is 3.97. The van der Waals surface area contributed by atoms with Gasteiger partial charge in [0.2, 0.25) is 5.91 Å². The normalized spacial score (nSPS) is 13.2. The van der Waals surface area contributed by atoms with Crippen LogP contribution in [-0.2, 0) is 20.9 Å². The van der Waals surface area contributed by atoms with Gasteiger partial charge in [-0.2, -0.15) is 0 Å². The Morgan fingerprint density at radius 2 is 1.52 bits per heavy atom. The van der Waals surface area contributed by atoms with E-state index in [2.05, 4.69) is 10.6 Å². The molecule has 0 saturated heterocycles. The van der Waals surface area contributed by atoms with Gasteiger partial charge in [-0.3, -0.25) is 4.79 Å². The average molecular weight is 399 g/mol. The molecule has 0 saturated carbocycles. The number of amides is 2. The summed E-state index contributed by atoms with van der Waals surface area (Å²) >= 11 is 0. The number of ether oxygens (including phenoxy) is 2. The van der Waals surface area contributed by atoms with Gasteiger partial charge in [0.1, 0.15) is 11.6 Å². The molecule has 0 unspecified atom stereocenters. The first kappa shape index (κ1) is 22.4. The van der Waals surface area contributed by atoms with Crippen LogP contribution in [0.2, 0.25) is 0 Å². The molecule has 6 nitrogen and oxygen atoms in total. The fraction of sp³-hybridized carbons (Fsp3) is 0.391. The zero-order valence-electron chi connectivity index (χ0n) is 17.5. The number of carbonyl (C=O) groups excluding carboxylic acids is 2. The Labute approximate surface area is 172 Å². The first-order chi connectivity index (χ1) is 13.7. The largest absolute Gasteiger partial charge is 0.444 e. The van der Waals surface area contributed by atoms with Crippen LogP contribution >= 0.6 is 0 Å². The molecule has 2 atom stereocenters. The van der Waals surface area contributed by atoms with Crippen molar-refractivity contribution in [2.45, 2.75) is 52.0 Å². The molecule has 2 aromatic rings. The highest BCUT2D eigenvalue weighted by Crippen LogP contribution is 2.12. The molecule has 6 heteroatoms. The molecule has 2 amide bonds. The Bertz CT molecular complexity index is 772. The van der Waals surface area contributed by atoms with E-state index >= 15 is 0 Å². The van der Waals surface area contributed by atoms with Crippen molar-refractivity contribution in [2.75, 3.05) is 6.61 Å². The third-order valence-electron chi connectivity index (χ3n) is 4.06. The first-order valence-electron chi connectivity index (χ1n) is 9.71. The van der Waals surface area contributed by atoms with Crippen molar-refractivity contribution in [3.8, 4) is 0 Å². The minimum Gasteiger partial charge on any atom is -0.444 e. The summed E-state index contributed by atoms with van der Waals surface area (Å²) in [4.78, 5) is 25.0. The molecule has 0 spiro atoms. The number of carbonyl (C=O) groups is 2. The van der Waals surface area contributed by atoms with E-state index in [1.54, 1.807) is 20.8 Å². The van der Waals surface area contributed by atoms with Gasteiger partial charge in [0.15, 0.2) is 0 Å². The van der Waals surface area contributed by atoms with Crippen molar-refractivity contribution >= 4 is 12.0 Å². The van der Waals surface area contributed by atoms with Crippen LogP contribution in [0, 0.1) is 0 Å². The van der Waals surface area contributed by atoms with Gasteiger partial charge in [0, 0.05) is 0 Å². The van der Waals surface area contributed by atoms with Crippen LogP contribution in [0.4, 0.5) is 4.79 Å². The van der Waals surface area contributed by atoms with Crippen molar-refractivity contribution in [3.63, 3.8) is 0 Å². The maximum Gasteiger partial charge on any atom is 0.408 e. The minimum absolute atomic E-state index is 0.0292. The lowest BCUT2D eigenvalue weighted by molar-refractivity contribution is -0.125. The van der Waals surface area contributed by atoms with Crippen LogP contribution in [0.15, 0.2) is 60.7 Å². The third kappa shape index (κ3) is 8.35. The second-order valence-corrected chi connectivity index (χ2v) is 7.84. The summed E-state index contributed by atoms with van der Waals surface area (Å²) in [5.74, 6) is -0.333. The zero-order valence-corrected chi connectivity index (χ0v) is 17.5. The summed E-state index contributed by atoms with van der Waals surface area (Å²) in [7, 11) is 0. The van der Waals surface area contributed by atoms with Gasteiger partial charge in [0.25, 0.3) is 0 Å². The van der Waals surface area contributed by atoms with E-state index in [4.69, 9.17) is 9.47 Å². The standard InChI is InChI=1S/C23H30N2O4/c1-17(19-13-9-6-10-14-19)24-21(26)20(25-22(27)29-23(2,3)4)16-28-15-18-11-7-5-8-12-18/h5-14,17,20H,15-16H2,1-4H3,(H,24,26)(H,25,27)/t17-,20+/m0/s1. The molecular formula is C23H30N2O4. The fourth-order valence-electron chi connectivity index (χ4n) is 2.64. The van der Waals surface area contributed by atoms with Gasteiger partial charge in [0.05, 0.1) is 19.3 Å². The molecule has 29 heavy (non-hydrogen) atoms. The lowest BCUT2D eigenvalue weighted by Gasteiger charge is -2.24. The molecule has 0 fully saturated rings. The molecular weight excluding hydrogens is 368 g/mol. The van der Waals surface area contributed by atoms with Gasteiger partial charge in [-0.05, 0) is 38.8 Å². The van der Waals surface area contributed by atoms with Crippen molar-refractivity contribution in [1.82, 2.24) is 10.6 Å². The van der Waals surface area contributed by atoms with Crippen molar-refractivity contribution in [3.05, 3.63) is 71.8 Å². The number of benzene rings is 2. The average Bonchev–Trinajstić information content (AvgIpc) is 2.67. The summed E-state index contributed by atoms with van der Waals surface area (Å²) < 4.78 is 11.0. The van der Waals surface area contributed by atoms with E-state index in [-0.39, 0.29) is 18.6 Å². The van der Waals surface area contributed by atoms with Crippen LogP contribution < -0.4 is 10.6 Å². The van der Waals surface area contributed by atoms with Crippen LogP contribution in [0.25, 0.3) is 0 Å². The van der Waals surface area contributed by atoms with E-state index in [0.29, 0.717) is 6.61 Å². The van der Waals surface area contributed by atoms with Gasteiger partial charge in [-0.1, -0.05) is 60.7 Å². The van der Waals surface area contributed by atoms with E-state index in [9.17, 15) is 9.59 Å².